The maximum absolute atomic E-state index is 13.7. The van der Waals surface area contributed by atoms with Crippen LogP contribution in [0.5, 0.6) is 11.6 Å². The zero-order chi connectivity index (χ0) is 18.8. The van der Waals surface area contributed by atoms with E-state index in [9.17, 15) is 9.50 Å². The lowest BCUT2D eigenvalue weighted by atomic mass is 10.1. The molecule has 0 fully saturated rings. The summed E-state index contributed by atoms with van der Waals surface area (Å²) >= 11 is 5.98. The van der Waals surface area contributed by atoms with Crippen molar-refractivity contribution in [1.82, 2.24) is 14.6 Å². The van der Waals surface area contributed by atoms with E-state index in [0.717, 1.165) is 5.56 Å². The molecule has 0 aliphatic carbocycles. The first-order chi connectivity index (χ1) is 13.1. The Kier molecular flexibility index (Phi) is 4.64. The number of aromatic hydroxyl groups is 1. The zero-order valence-electron chi connectivity index (χ0n) is 14.1. The minimum Gasteiger partial charge on any atom is -0.505 e. The fourth-order valence-electron chi connectivity index (χ4n) is 2.76. The summed E-state index contributed by atoms with van der Waals surface area (Å²) in [4.78, 5) is 4.27. The number of rotatable bonds is 5. The molecule has 0 aliphatic rings. The molecule has 136 valence electrons. The van der Waals surface area contributed by atoms with Crippen LogP contribution in [0.25, 0.3) is 16.9 Å². The second-order valence-electron chi connectivity index (χ2n) is 5.98. The van der Waals surface area contributed by atoms with Crippen molar-refractivity contribution in [3.05, 3.63) is 77.2 Å². The van der Waals surface area contributed by atoms with Crippen LogP contribution >= 0.6 is 11.6 Å². The van der Waals surface area contributed by atoms with Crippen LogP contribution in [0.3, 0.4) is 0 Å². The van der Waals surface area contributed by atoms with Crippen molar-refractivity contribution < 1.29 is 14.2 Å². The van der Waals surface area contributed by atoms with Crippen molar-refractivity contribution in [1.29, 1.82) is 0 Å². The third kappa shape index (κ3) is 3.71. The van der Waals surface area contributed by atoms with Crippen LogP contribution in [0.2, 0.25) is 5.02 Å². The van der Waals surface area contributed by atoms with E-state index in [1.807, 2.05) is 24.3 Å². The molecule has 2 aromatic heterocycles. The number of aromatic nitrogens is 3. The number of benzene rings is 2. The standard InChI is InChI=1S/C20H15ClFN3O2/c21-15-3-1-2-13(10-15)8-9-27-20-7-6-19-23-12-17(25(19)24-20)14-4-5-18(26)16(22)11-14/h1-7,10-12,26H,8-9H2. The number of hydrogen-bond acceptors (Lipinski definition) is 4. The van der Waals surface area contributed by atoms with E-state index in [1.165, 1.54) is 12.1 Å². The molecule has 0 bridgehead atoms. The van der Waals surface area contributed by atoms with Crippen LogP contribution in [0.1, 0.15) is 5.56 Å². The van der Waals surface area contributed by atoms with E-state index in [4.69, 9.17) is 16.3 Å². The van der Waals surface area contributed by atoms with Gasteiger partial charge in [-0.25, -0.2) is 13.9 Å². The van der Waals surface area contributed by atoms with Crippen LogP contribution < -0.4 is 4.74 Å². The van der Waals surface area contributed by atoms with E-state index in [0.29, 0.717) is 40.8 Å². The topological polar surface area (TPSA) is 59.7 Å². The van der Waals surface area contributed by atoms with Gasteiger partial charge < -0.3 is 9.84 Å². The molecule has 0 spiro atoms. The van der Waals surface area contributed by atoms with E-state index < -0.39 is 11.6 Å². The fraction of sp³-hybridized carbons (Fsp3) is 0.100. The Morgan fingerprint density at radius 3 is 2.81 bits per heavy atom. The highest BCUT2D eigenvalue weighted by Crippen LogP contribution is 2.25. The molecule has 0 radical (unpaired) electrons. The lowest BCUT2D eigenvalue weighted by Gasteiger charge is -2.07. The summed E-state index contributed by atoms with van der Waals surface area (Å²) in [5.41, 5.74) is 2.85. The van der Waals surface area contributed by atoms with Gasteiger partial charge in [-0.1, -0.05) is 23.7 Å². The van der Waals surface area contributed by atoms with Gasteiger partial charge in [-0.05, 0) is 42.0 Å². The van der Waals surface area contributed by atoms with Crippen LogP contribution in [-0.2, 0) is 6.42 Å². The molecule has 0 amide bonds. The second kappa shape index (κ2) is 7.25. The molecular formula is C20H15ClFN3O2. The predicted molar refractivity (Wildman–Crippen MR) is 101 cm³/mol. The van der Waals surface area contributed by atoms with Gasteiger partial charge in [-0.2, -0.15) is 0 Å². The highest BCUT2D eigenvalue weighted by atomic mass is 35.5. The first-order valence-electron chi connectivity index (χ1n) is 8.31. The third-order valence-corrected chi connectivity index (χ3v) is 4.35. The Morgan fingerprint density at radius 2 is 2.00 bits per heavy atom. The Balaban J connectivity index is 1.55. The Bertz CT molecular complexity index is 1110. The summed E-state index contributed by atoms with van der Waals surface area (Å²) < 4.78 is 21.0. The average molecular weight is 384 g/mol. The van der Waals surface area contributed by atoms with Gasteiger partial charge in [0.15, 0.2) is 17.2 Å². The summed E-state index contributed by atoms with van der Waals surface area (Å²) in [7, 11) is 0. The molecule has 0 saturated carbocycles. The maximum Gasteiger partial charge on any atom is 0.231 e. The zero-order valence-corrected chi connectivity index (χ0v) is 14.9. The number of nitrogens with zero attached hydrogens (tertiary/aromatic N) is 3. The number of hydrogen-bond donors (Lipinski definition) is 1. The van der Waals surface area contributed by atoms with E-state index in [1.54, 1.807) is 28.9 Å². The number of halogens is 2. The van der Waals surface area contributed by atoms with Crippen LogP contribution in [0.4, 0.5) is 4.39 Å². The summed E-state index contributed by atoms with van der Waals surface area (Å²) in [5, 5.41) is 14.5. The Labute approximate surface area is 159 Å². The van der Waals surface area contributed by atoms with Gasteiger partial charge in [-0.15, -0.1) is 5.10 Å². The van der Waals surface area contributed by atoms with Gasteiger partial charge in [0.25, 0.3) is 0 Å². The smallest absolute Gasteiger partial charge is 0.231 e. The summed E-state index contributed by atoms with van der Waals surface area (Å²) in [6.45, 7) is 0.441. The SMILES string of the molecule is Oc1ccc(-c2cnc3ccc(OCCc4cccc(Cl)c4)nn23)cc1F. The van der Waals surface area contributed by atoms with Crippen molar-refractivity contribution in [3.63, 3.8) is 0 Å². The number of phenolic OH excluding ortho intramolecular Hbond substituents is 1. The minimum atomic E-state index is -0.698. The van der Waals surface area contributed by atoms with Crippen LogP contribution in [0.15, 0.2) is 60.8 Å². The largest absolute Gasteiger partial charge is 0.505 e. The lowest BCUT2D eigenvalue weighted by molar-refractivity contribution is 0.305. The van der Waals surface area contributed by atoms with Gasteiger partial charge in [0.05, 0.1) is 18.5 Å². The van der Waals surface area contributed by atoms with Gasteiger partial charge in [0, 0.05) is 23.1 Å². The summed E-state index contributed by atoms with van der Waals surface area (Å²) in [6.07, 6.45) is 2.30. The van der Waals surface area contributed by atoms with Crippen LogP contribution in [-0.4, -0.2) is 26.3 Å². The molecule has 0 unspecified atom stereocenters. The molecule has 2 heterocycles. The molecule has 27 heavy (non-hydrogen) atoms. The highest BCUT2D eigenvalue weighted by molar-refractivity contribution is 6.30. The van der Waals surface area contributed by atoms with Crippen molar-refractivity contribution in [2.45, 2.75) is 6.42 Å². The normalized spacial score (nSPS) is 11.0. The van der Waals surface area contributed by atoms with E-state index in [-0.39, 0.29) is 0 Å². The monoisotopic (exact) mass is 383 g/mol. The molecule has 1 N–H and O–H groups in total. The molecule has 0 aliphatic heterocycles. The summed E-state index contributed by atoms with van der Waals surface area (Å²) in [6, 6.07) is 15.3. The molecule has 2 aromatic carbocycles. The third-order valence-electron chi connectivity index (χ3n) is 4.11. The number of fused-ring (bicyclic) bond motifs is 1. The molecule has 0 saturated heterocycles. The van der Waals surface area contributed by atoms with Gasteiger partial charge >= 0.3 is 0 Å². The van der Waals surface area contributed by atoms with Gasteiger partial charge in [0.1, 0.15) is 0 Å². The number of imidazole rings is 1. The number of phenols is 1. The molecular weight excluding hydrogens is 369 g/mol. The minimum absolute atomic E-state index is 0.398. The average Bonchev–Trinajstić information content (AvgIpc) is 3.07. The molecule has 7 heteroatoms. The van der Waals surface area contributed by atoms with Crippen molar-refractivity contribution >= 4 is 17.2 Å². The van der Waals surface area contributed by atoms with Gasteiger partial charge in [-0.3, -0.25) is 0 Å². The molecule has 5 nitrogen and oxygen atoms in total. The quantitative estimate of drug-likeness (QED) is 0.550. The molecule has 4 rings (SSSR count). The van der Waals surface area contributed by atoms with E-state index >= 15 is 0 Å². The molecule has 4 aromatic rings. The first-order valence-corrected chi connectivity index (χ1v) is 8.69. The van der Waals surface area contributed by atoms with Crippen molar-refractivity contribution in [3.8, 4) is 22.9 Å². The van der Waals surface area contributed by atoms with Crippen molar-refractivity contribution in [2.75, 3.05) is 6.61 Å². The maximum atomic E-state index is 13.7. The van der Waals surface area contributed by atoms with Crippen molar-refractivity contribution in [2.24, 2.45) is 0 Å². The van der Waals surface area contributed by atoms with Crippen LogP contribution in [0, 0.1) is 5.82 Å². The summed E-state index contributed by atoms with van der Waals surface area (Å²) in [5.74, 6) is -0.662. The highest BCUT2D eigenvalue weighted by Gasteiger charge is 2.11. The second-order valence-corrected chi connectivity index (χ2v) is 6.42. The predicted octanol–water partition coefficient (Wildman–Crippen LogP) is 4.52. The number of ether oxygens (including phenoxy) is 1. The first kappa shape index (κ1) is 17.3. The fourth-order valence-corrected chi connectivity index (χ4v) is 2.98. The molecule has 0 atom stereocenters. The van der Waals surface area contributed by atoms with E-state index in [2.05, 4.69) is 10.1 Å². The Hall–Kier alpha value is -3.12. The Morgan fingerprint density at radius 1 is 1.11 bits per heavy atom. The lowest BCUT2D eigenvalue weighted by Crippen LogP contribution is -2.05. The van der Waals surface area contributed by atoms with Gasteiger partial charge in [0.2, 0.25) is 5.88 Å².